The van der Waals surface area contributed by atoms with E-state index in [1.54, 1.807) is 6.07 Å². The first-order valence-electron chi connectivity index (χ1n) is 15.0. The number of hydrogen-bond acceptors (Lipinski definition) is 4. The third-order valence-corrected chi connectivity index (χ3v) is 8.80. The third-order valence-electron chi connectivity index (χ3n) is 7.02. The van der Waals surface area contributed by atoms with E-state index in [1.165, 1.54) is 113 Å². The van der Waals surface area contributed by atoms with Gasteiger partial charge in [0.25, 0.3) is 5.76 Å². The van der Waals surface area contributed by atoms with Gasteiger partial charge in [0, 0.05) is 10.5 Å². The van der Waals surface area contributed by atoms with E-state index in [-0.39, 0.29) is 10.7 Å². The zero-order valence-corrected chi connectivity index (χ0v) is 25.7. The maximum atomic E-state index is 13.8. The number of aromatic nitrogens is 1. The second kappa shape index (κ2) is 20.2. The third kappa shape index (κ3) is 14.3. The highest BCUT2D eigenvalue weighted by molar-refractivity contribution is 7.99. The van der Waals surface area contributed by atoms with Crippen molar-refractivity contribution < 1.29 is 22.0 Å². The molecular weight excluding hydrogens is 571 g/mol. The summed E-state index contributed by atoms with van der Waals surface area (Å²) >= 11 is 1.54. The van der Waals surface area contributed by atoms with E-state index in [1.807, 2.05) is 0 Å². The smallest absolute Gasteiger partial charge is 0.240 e. The lowest BCUT2D eigenvalue weighted by Crippen LogP contribution is -2.10. The molecule has 0 unspecified atom stereocenters. The molecule has 0 aliphatic heterocycles. The van der Waals surface area contributed by atoms with Gasteiger partial charge >= 0.3 is 6.18 Å². The first-order valence-corrected chi connectivity index (χ1v) is 16.8. The summed E-state index contributed by atoms with van der Waals surface area (Å²) in [5.74, 6) is -2.01. The second-order valence-corrected chi connectivity index (χ2v) is 12.5. The van der Waals surface area contributed by atoms with Crippen LogP contribution in [0.1, 0.15) is 121 Å². The number of hydrogen-bond donors (Lipinski definition) is 0. The molecule has 0 fully saturated rings. The highest BCUT2D eigenvalue weighted by Gasteiger charge is 2.36. The van der Waals surface area contributed by atoms with Crippen LogP contribution in [-0.2, 0) is 6.18 Å². The summed E-state index contributed by atoms with van der Waals surface area (Å²) in [7, 11) is 0. The number of thioether (sulfide) groups is 2. The maximum absolute atomic E-state index is 13.8. The lowest BCUT2D eigenvalue weighted by Gasteiger charge is -2.14. The summed E-state index contributed by atoms with van der Waals surface area (Å²) in [5.41, 5.74) is -1.04. The number of pyridine rings is 1. The van der Waals surface area contributed by atoms with Gasteiger partial charge < -0.3 is 0 Å². The largest absolute Gasteiger partial charge is 0.417 e. The van der Waals surface area contributed by atoms with Crippen molar-refractivity contribution in [2.24, 2.45) is 0 Å². The Labute approximate surface area is 251 Å². The zero-order valence-electron chi connectivity index (χ0n) is 24.1. The summed E-state index contributed by atoms with van der Waals surface area (Å²) in [4.78, 5) is 4.69. The Morgan fingerprint density at radius 2 is 1.27 bits per heavy atom. The zero-order chi connectivity index (χ0) is 29.9. The molecule has 0 aliphatic rings. The Kier molecular flexibility index (Phi) is 17.4. The van der Waals surface area contributed by atoms with Crippen LogP contribution in [0.5, 0.6) is 0 Å². The molecular formula is C32H43F5N2S2. The number of nitriles is 1. The van der Waals surface area contributed by atoms with Gasteiger partial charge in [-0.2, -0.15) is 27.2 Å². The van der Waals surface area contributed by atoms with Gasteiger partial charge in [-0.15, -0.1) is 11.8 Å². The Bertz CT molecular complexity index is 1040. The molecule has 1 heterocycles. The lowest BCUT2D eigenvalue weighted by atomic mass is 10.0. The summed E-state index contributed by atoms with van der Waals surface area (Å²) in [6, 6.07) is 8.38. The Morgan fingerprint density at radius 3 is 1.71 bits per heavy atom. The fourth-order valence-corrected chi connectivity index (χ4v) is 6.24. The molecule has 0 atom stereocenters. The minimum Gasteiger partial charge on any atom is -0.240 e. The number of nitrogens with zero attached hydrogens (tertiary/aromatic N) is 2. The first-order chi connectivity index (χ1) is 19.8. The van der Waals surface area contributed by atoms with Crippen molar-refractivity contribution in [1.82, 2.24) is 4.98 Å². The van der Waals surface area contributed by atoms with Gasteiger partial charge in [-0.3, -0.25) is 0 Å². The molecule has 1 aromatic carbocycles. The van der Waals surface area contributed by atoms with Crippen LogP contribution in [0, 0.1) is 11.3 Å². The van der Waals surface area contributed by atoms with E-state index < -0.39 is 23.1 Å². The molecule has 0 aliphatic carbocycles. The van der Waals surface area contributed by atoms with Gasteiger partial charge in [0.2, 0.25) is 0 Å². The molecule has 0 saturated heterocycles. The molecule has 0 N–H and O–H groups in total. The van der Waals surface area contributed by atoms with Crippen molar-refractivity contribution in [3.63, 3.8) is 0 Å². The Morgan fingerprint density at radius 1 is 0.780 bits per heavy atom. The average Bonchev–Trinajstić information content (AvgIpc) is 2.94. The topological polar surface area (TPSA) is 36.7 Å². The van der Waals surface area contributed by atoms with E-state index in [0.29, 0.717) is 28.0 Å². The van der Waals surface area contributed by atoms with Crippen LogP contribution in [0.2, 0.25) is 0 Å². The summed E-state index contributed by atoms with van der Waals surface area (Å²) in [5, 5.41) is 9.57. The van der Waals surface area contributed by atoms with Crippen LogP contribution >= 0.6 is 23.5 Å². The standard InChI is InChI=1S/C32H43F5N2S2/c1-2-3-4-5-6-7-8-9-10-11-12-13-14-15-16-17-22-40-30-27(24-38)28(32(35,36)37)23-29(39-30)25-18-20-26(21-19-25)41-31(33)34/h18-21,23,31H,2-17,22H2,1H3. The predicted octanol–water partition coefficient (Wildman–Crippen LogP) is 12.3. The fourth-order valence-electron chi connectivity index (χ4n) is 4.73. The molecule has 0 saturated carbocycles. The molecule has 0 bridgehead atoms. The van der Waals surface area contributed by atoms with E-state index in [9.17, 15) is 27.2 Å². The molecule has 0 radical (unpaired) electrons. The molecule has 0 spiro atoms. The molecule has 1 aromatic heterocycles. The number of benzene rings is 1. The lowest BCUT2D eigenvalue weighted by molar-refractivity contribution is -0.138. The van der Waals surface area contributed by atoms with Gasteiger partial charge in [-0.1, -0.05) is 127 Å². The minimum absolute atomic E-state index is 0.0596. The molecule has 2 rings (SSSR count). The van der Waals surface area contributed by atoms with Gasteiger partial charge in [0.15, 0.2) is 0 Å². The summed E-state index contributed by atoms with van der Waals surface area (Å²) in [6.45, 7) is 2.25. The fraction of sp³-hybridized carbons (Fsp3) is 0.625. The van der Waals surface area contributed by atoms with Crippen LogP contribution in [0.4, 0.5) is 22.0 Å². The highest BCUT2D eigenvalue weighted by Crippen LogP contribution is 2.38. The van der Waals surface area contributed by atoms with E-state index in [2.05, 4.69) is 11.9 Å². The van der Waals surface area contributed by atoms with E-state index >= 15 is 0 Å². The van der Waals surface area contributed by atoms with Crippen molar-refractivity contribution in [2.45, 2.75) is 132 Å². The van der Waals surface area contributed by atoms with Crippen molar-refractivity contribution in [1.29, 1.82) is 5.26 Å². The van der Waals surface area contributed by atoms with Gasteiger partial charge in [-0.25, -0.2) is 4.98 Å². The van der Waals surface area contributed by atoms with Gasteiger partial charge in [0.05, 0.1) is 16.8 Å². The number of unbranched alkanes of at least 4 members (excludes halogenated alkanes) is 15. The molecule has 41 heavy (non-hydrogen) atoms. The summed E-state index contributed by atoms with van der Waals surface area (Å²) < 4.78 is 66.6. The predicted molar refractivity (Wildman–Crippen MR) is 162 cm³/mol. The number of alkyl halides is 5. The minimum atomic E-state index is -4.71. The van der Waals surface area contributed by atoms with Crippen LogP contribution in [-0.4, -0.2) is 16.5 Å². The molecule has 9 heteroatoms. The van der Waals surface area contributed by atoms with Crippen LogP contribution < -0.4 is 0 Å². The van der Waals surface area contributed by atoms with Crippen molar-refractivity contribution >= 4 is 23.5 Å². The monoisotopic (exact) mass is 614 g/mol. The van der Waals surface area contributed by atoms with E-state index in [4.69, 9.17) is 0 Å². The first kappa shape index (κ1) is 35.4. The quantitative estimate of drug-likeness (QED) is 0.0796. The van der Waals surface area contributed by atoms with Gasteiger partial charge in [-0.05, 0) is 30.4 Å². The summed E-state index contributed by atoms with van der Waals surface area (Å²) in [6.07, 6.45) is 15.3. The van der Waals surface area contributed by atoms with Crippen LogP contribution in [0.25, 0.3) is 11.3 Å². The van der Waals surface area contributed by atoms with Crippen LogP contribution in [0.3, 0.4) is 0 Å². The highest BCUT2D eigenvalue weighted by atomic mass is 32.2. The number of halogens is 5. The van der Waals surface area contributed by atoms with Crippen molar-refractivity contribution in [3.05, 3.63) is 41.5 Å². The molecule has 2 nitrogen and oxygen atoms in total. The Balaban J connectivity index is 1.75. The molecule has 0 amide bonds. The normalized spacial score (nSPS) is 11.8. The van der Waals surface area contributed by atoms with Crippen LogP contribution in [0.15, 0.2) is 40.3 Å². The molecule has 2 aromatic rings. The molecule has 228 valence electrons. The SMILES string of the molecule is CCCCCCCCCCCCCCCCCCSc1nc(-c2ccc(SC(F)F)cc2)cc(C(F)(F)F)c1C#N. The van der Waals surface area contributed by atoms with Gasteiger partial charge in [0.1, 0.15) is 11.1 Å². The number of rotatable bonds is 21. The maximum Gasteiger partial charge on any atom is 0.417 e. The Hall–Kier alpha value is -1.79. The van der Waals surface area contributed by atoms with Crippen molar-refractivity contribution in [3.8, 4) is 17.3 Å². The van der Waals surface area contributed by atoms with E-state index in [0.717, 1.165) is 31.7 Å². The average molecular weight is 615 g/mol. The van der Waals surface area contributed by atoms with Crippen molar-refractivity contribution in [2.75, 3.05) is 5.75 Å². The second-order valence-electron chi connectivity index (χ2n) is 10.4.